The highest BCUT2D eigenvalue weighted by atomic mass is 32.2. The van der Waals surface area contributed by atoms with Crippen LogP contribution in [0.1, 0.15) is 40.9 Å². The molecule has 31 heavy (non-hydrogen) atoms. The van der Waals surface area contributed by atoms with Crippen molar-refractivity contribution in [3.63, 3.8) is 0 Å². The Morgan fingerprint density at radius 3 is 2.26 bits per heavy atom. The molecule has 0 saturated carbocycles. The second-order valence-electron chi connectivity index (χ2n) is 8.18. The predicted octanol–water partition coefficient (Wildman–Crippen LogP) is 4.91. The smallest absolute Gasteiger partial charge is 0.268 e. The highest BCUT2D eigenvalue weighted by Crippen LogP contribution is 2.39. The van der Waals surface area contributed by atoms with E-state index in [1.165, 1.54) is 0 Å². The molecule has 0 aromatic heterocycles. The number of nitrogens with zero attached hydrogens (tertiary/aromatic N) is 2. The van der Waals surface area contributed by atoms with Crippen molar-refractivity contribution in [2.75, 3.05) is 11.9 Å². The standard InChI is InChI=1S/C25H26N2O3S/c1-17(2)27(31(29,30)20-14-12-18(3)13-15-20)25(28)21-9-7-11-24-22(21)16-19-8-5-6-10-23(19)26(24)4/h5-15,17H,16H2,1-4H3. The van der Waals surface area contributed by atoms with E-state index in [-0.39, 0.29) is 4.90 Å². The molecule has 3 aromatic rings. The fourth-order valence-electron chi connectivity index (χ4n) is 4.15. The Morgan fingerprint density at radius 2 is 1.58 bits per heavy atom. The molecule has 1 aliphatic rings. The Hall–Kier alpha value is -3.12. The minimum Gasteiger partial charge on any atom is -0.344 e. The number of hydrogen-bond acceptors (Lipinski definition) is 4. The van der Waals surface area contributed by atoms with Gasteiger partial charge in [0, 0.05) is 36.4 Å². The van der Waals surface area contributed by atoms with Crippen molar-refractivity contribution in [2.45, 2.75) is 38.1 Å². The monoisotopic (exact) mass is 434 g/mol. The second kappa shape index (κ2) is 7.85. The van der Waals surface area contributed by atoms with Crippen LogP contribution >= 0.6 is 0 Å². The van der Waals surface area contributed by atoms with Gasteiger partial charge in [-0.1, -0.05) is 42.0 Å². The number of amides is 1. The van der Waals surface area contributed by atoms with E-state index < -0.39 is 22.0 Å². The zero-order valence-electron chi connectivity index (χ0n) is 18.2. The summed E-state index contributed by atoms with van der Waals surface area (Å²) in [5, 5.41) is 0. The largest absolute Gasteiger partial charge is 0.344 e. The van der Waals surface area contributed by atoms with E-state index in [0.717, 1.165) is 32.4 Å². The van der Waals surface area contributed by atoms with Crippen LogP contribution in [0.2, 0.25) is 0 Å². The van der Waals surface area contributed by atoms with Crippen molar-refractivity contribution in [1.29, 1.82) is 0 Å². The van der Waals surface area contributed by atoms with Crippen molar-refractivity contribution >= 4 is 27.3 Å². The van der Waals surface area contributed by atoms with Gasteiger partial charge in [-0.2, -0.15) is 0 Å². The minimum atomic E-state index is -3.99. The molecule has 1 heterocycles. The van der Waals surface area contributed by atoms with E-state index in [0.29, 0.717) is 12.0 Å². The number of carbonyl (C=O) groups excluding carboxylic acids is 1. The van der Waals surface area contributed by atoms with E-state index in [9.17, 15) is 13.2 Å². The van der Waals surface area contributed by atoms with Gasteiger partial charge in [-0.15, -0.1) is 0 Å². The maximum atomic E-state index is 13.7. The number of anilines is 2. The lowest BCUT2D eigenvalue weighted by Gasteiger charge is -2.33. The molecule has 0 spiro atoms. The van der Waals surface area contributed by atoms with Crippen molar-refractivity contribution in [1.82, 2.24) is 4.31 Å². The Kier molecular flexibility index (Phi) is 5.35. The molecule has 160 valence electrons. The lowest BCUT2D eigenvalue weighted by molar-refractivity contribution is 0.0834. The quantitative estimate of drug-likeness (QED) is 0.586. The second-order valence-corrected chi connectivity index (χ2v) is 10.00. The summed E-state index contributed by atoms with van der Waals surface area (Å²) in [7, 11) is -2.03. The van der Waals surface area contributed by atoms with E-state index in [4.69, 9.17) is 0 Å². The molecule has 1 amide bonds. The number of sulfonamides is 1. The summed E-state index contributed by atoms with van der Waals surface area (Å²) >= 11 is 0. The van der Waals surface area contributed by atoms with Gasteiger partial charge in [-0.3, -0.25) is 4.79 Å². The maximum absolute atomic E-state index is 13.7. The lowest BCUT2D eigenvalue weighted by Crippen LogP contribution is -2.42. The molecule has 6 heteroatoms. The summed E-state index contributed by atoms with van der Waals surface area (Å²) in [6.45, 7) is 5.34. The molecule has 0 atom stereocenters. The fraction of sp³-hybridized carbons (Fsp3) is 0.240. The van der Waals surface area contributed by atoms with Crippen molar-refractivity contribution in [2.24, 2.45) is 0 Å². The first-order chi connectivity index (χ1) is 14.7. The molecule has 0 fully saturated rings. The summed E-state index contributed by atoms with van der Waals surface area (Å²) in [6.07, 6.45) is 0.578. The fourth-order valence-corrected chi connectivity index (χ4v) is 5.73. The van der Waals surface area contributed by atoms with Gasteiger partial charge in [0.1, 0.15) is 0 Å². The predicted molar refractivity (Wildman–Crippen MR) is 123 cm³/mol. The molecule has 0 unspecified atom stereocenters. The van der Waals surface area contributed by atoms with Gasteiger partial charge in [-0.05, 0) is 62.2 Å². The van der Waals surface area contributed by atoms with Gasteiger partial charge < -0.3 is 4.90 Å². The van der Waals surface area contributed by atoms with E-state index in [2.05, 4.69) is 11.0 Å². The van der Waals surface area contributed by atoms with Crippen LogP contribution in [0.25, 0.3) is 0 Å². The SMILES string of the molecule is Cc1ccc(S(=O)(=O)N(C(=O)c2cccc3c2Cc2ccccc2N3C)C(C)C)cc1. The molecular formula is C25H26N2O3S. The molecule has 0 N–H and O–H groups in total. The first kappa shape index (κ1) is 21.1. The normalized spacial score (nSPS) is 13.0. The van der Waals surface area contributed by atoms with Gasteiger partial charge in [0.15, 0.2) is 0 Å². The Morgan fingerprint density at radius 1 is 0.935 bits per heavy atom. The maximum Gasteiger partial charge on any atom is 0.268 e. The van der Waals surface area contributed by atoms with Gasteiger partial charge in [0.05, 0.1) is 4.90 Å². The highest BCUT2D eigenvalue weighted by Gasteiger charge is 2.35. The number of benzene rings is 3. The number of carbonyl (C=O) groups is 1. The zero-order chi connectivity index (χ0) is 22.3. The van der Waals surface area contributed by atoms with E-state index in [1.807, 2.05) is 44.3 Å². The van der Waals surface area contributed by atoms with Gasteiger partial charge in [-0.25, -0.2) is 12.7 Å². The topological polar surface area (TPSA) is 57.7 Å². The lowest BCUT2D eigenvalue weighted by atomic mass is 9.92. The molecule has 5 nitrogen and oxygen atoms in total. The molecule has 0 saturated heterocycles. The third kappa shape index (κ3) is 3.61. The third-order valence-corrected chi connectivity index (χ3v) is 7.68. The minimum absolute atomic E-state index is 0.118. The van der Waals surface area contributed by atoms with Gasteiger partial charge in [0.25, 0.3) is 15.9 Å². The highest BCUT2D eigenvalue weighted by molar-refractivity contribution is 7.89. The average molecular weight is 435 g/mol. The van der Waals surface area contributed by atoms with Crippen LogP contribution in [-0.2, 0) is 16.4 Å². The molecule has 0 aliphatic carbocycles. The Labute approximate surface area is 184 Å². The molecular weight excluding hydrogens is 408 g/mol. The Bertz CT molecular complexity index is 1250. The van der Waals surface area contributed by atoms with Crippen molar-refractivity contribution in [3.8, 4) is 0 Å². The average Bonchev–Trinajstić information content (AvgIpc) is 2.73. The number of hydrogen-bond donors (Lipinski definition) is 0. The molecule has 3 aromatic carbocycles. The van der Waals surface area contributed by atoms with Crippen LogP contribution < -0.4 is 4.90 Å². The van der Waals surface area contributed by atoms with Gasteiger partial charge in [0.2, 0.25) is 0 Å². The molecule has 0 radical (unpaired) electrons. The summed E-state index contributed by atoms with van der Waals surface area (Å²) in [4.78, 5) is 15.9. The van der Waals surface area contributed by atoms with Gasteiger partial charge >= 0.3 is 0 Å². The number of para-hydroxylation sites is 1. The number of fused-ring (bicyclic) bond motifs is 2. The molecule has 4 rings (SSSR count). The number of aryl methyl sites for hydroxylation is 1. The van der Waals surface area contributed by atoms with Crippen molar-refractivity contribution in [3.05, 3.63) is 89.0 Å². The van der Waals surface area contributed by atoms with Crippen molar-refractivity contribution < 1.29 is 13.2 Å². The van der Waals surface area contributed by atoms with Crippen LogP contribution in [0.15, 0.2) is 71.6 Å². The van der Waals surface area contributed by atoms with E-state index >= 15 is 0 Å². The molecule has 0 bridgehead atoms. The summed E-state index contributed by atoms with van der Waals surface area (Å²) in [6, 6.07) is 19.6. The van der Waals surface area contributed by atoms with Crippen LogP contribution in [0.4, 0.5) is 11.4 Å². The Balaban J connectivity index is 1.81. The summed E-state index contributed by atoms with van der Waals surface area (Å²) in [5.74, 6) is -0.500. The third-order valence-electron chi connectivity index (χ3n) is 5.71. The molecule has 1 aliphatic heterocycles. The van der Waals surface area contributed by atoms with Crippen LogP contribution in [-0.4, -0.2) is 31.7 Å². The summed E-state index contributed by atoms with van der Waals surface area (Å²) in [5.41, 5.74) is 5.34. The van der Waals surface area contributed by atoms with E-state index in [1.54, 1.807) is 44.2 Å². The van der Waals surface area contributed by atoms with Crippen LogP contribution in [0.5, 0.6) is 0 Å². The summed E-state index contributed by atoms with van der Waals surface area (Å²) < 4.78 is 27.9. The first-order valence-electron chi connectivity index (χ1n) is 10.3. The zero-order valence-corrected chi connectivity index (χ0v) is 19.0. The van der Waals surface area contributed by atoms with Crippen LogP contribution in [0, 0.1) is 6.92 Å². The van der Waals surface area contributed by atoms with Crippen LogP contribution in [0.3, 0.4) is 0 Å². The first-order valence-corrected chi connectivity index (χ1v) is 11.7. The number of rotatable bonds is 4.